The van der Waals surface area contributed by atoms with Gasteiger partial charge in [-0.1, -0.05) is 11.3 Å². The number of carbonyl (C=O) groups is 1. The van der Waals surface area contributed by atoms with E-state index in [0.29, 0.717) is 31.2 Å². The molecule has 0 aromatic carbocycles. The Morgan fingerprint density at radius 1 is 1.46 bits per heavy atom. The van der Waals surface area contributed by atoms with Gasteiger partial charge in [-0.3, -0.25) is 15.5 Å². The van der Waals surface area contributed by atoms with Gasteiger partial charge in [-0.2, -0.15) is 4.57 Å². The first kappa shape index (κ1) is 26.0. The van der Waals surface area contributed by atoms with Gasteiger partial charge in [0.2, 0.25) is 11.4 Å². The van der Waals surface area contributed by atoms with Crippen LogP contribution in [-0.2, 0) is 17.8 Å². The van der Waals surface area contributed by atoms with Crippen molar-refractivity contribution in [2.45, 2.75) is 26.8 Å². The molecule has 1 amide bonds. The fourth-order valence-corrected chi connectivity index (χ4v) is 3.31. The Hall–Kier alpha value is -2.01. The number of likely N-dealkylation sites (N-methyl/N-ethyl adjacent to an activating group) is 1. The van der Waals surface area contributed by atoms with E-state index in [2.05, 4.69) is 19.9 Å². The Balaban J connectivity index is 0.000000621. The number of aliphatic hydroxyl groups excluding tert-OH is 1. The topological polar surface area (TPSA) is 132 Å². The van der Waals surface area contributed by atoms with Crippen molar-refractivity contribution >= 4 is 41.4 Å². The van der Waals surface area contributed by atoms with Gasteiger partial charge in [-0.25, -0.2) is 9.97 Å². The standard InChI is InChI=1S/C12H17N4OS.C4H7N3O.2ClH/c1-8-11(3-4-17)18-7-16(8)6-10-5-14-9(2)15-12(10)13;1-7-2-3(8)6-4(7)5;;/h5,7,17H,3-4,6H2,1-2H3,(H2,13,14,15);2H2,1H3,(H2,5,6,8);2*1H/q+1;;;/p-1. The summed E-state index contributed by atoms with van der Waals surface area (Å²) in [6.07, 6.45) is 2.47. The summed E-state index contributed by atoms with van der Waals surface area (Å²) >= 11 is 1.65. The summed E-state index contributed by atoms with van der Waals surface area (Å²) in [7, 11) is 1.69. The summed E-state index contributed by atoms with van der Waals surface area (Å²) < 4.78 is 2.11. The van der Waals surface area contributed by atoms with Gasteiger partial charge in [-0.05, 0) is 6.92 Å². The van der Waals surface area contributed by atoms with Crippen LogP contribution in [0.2, 0.25) is 0 Å². The van der Waals surface area contributed by atoms with Crippen LogP contribution in [0.15, 0.2) is 11.7 Å². The van der Waals surface area contributed by atoms with E-state index in [1.165, 1.54) is 4.88 Å². The summed E-state index contributed by atoms with van der Waals surface area (Å²) in [5, 5.41) is 18.3. The Labute approximate surface area is 180 Å². The molecule has 0 saturated carbocycles. The van der Waals surface area contributed by atoms with Crippen LogP contribution in [0.25, 0.3) is 0 Å². The SMILES string of the molecule is CN1CC(=O)NC1=N.Cc1ncc(C[n+]2csc(CCO)c2C)c(N)n1.Cl.[Cl-]. The molecule has 3 heterocycles. The molecular weight excluding hydrogens is 425 g/mol. The van der Waals surface area contributed by atoms with E-state index in [4.69, 9.17) is 16.2 Å². The average Bonchev–Trinajstić information content (AvgIpc) is 3.06. The highest BCUT2D eigenvalue weighted by Crippen LogP contribution is 2.13. The van der Waals surface area contributed by atoms with Gasteiger partial charge >= 0.3 is 0 Å². The highest BCUT2D eigenvalue weighted by molar-refractivity contribution is 7.09. The maximum Gasteiger partial charge on any atom is 0.246 e. The number of hydrogen-bond donors (Lipinski definition) is 4. The smallest absolute Gasteiger partial charge is 0.246 e. The Bertz CT molecular complexity index is 816. The molecule has 9 nitrogen and oxygen atoms in total. The van der Waals surface area contributed by atoms with Crippen molar-refractivity contribution in [3.8, 4) is 0 Å². The number of carbonyl (C=O) groups excluding carboxylic acids is 1. The first-order valence-electron chi connectivity index (χ1n) is 8.06. The van der Waals surface area contributed by atoms with Crippen LogP contribution in [0, 0.1) is 19.3 Å². The van der Waals surface area contributed by atoms with Gasteiger partial charge < -0.3 is 28.1 Å². The quantitative estimate of drug-likeness (QED) is 0.368. The van der Waals surface area contributed by atoms with Crippen molar-refractivity contribution in [2.75, 3.05) is 25.9 Å². The minimum Gasteiger partial charge on any atom is -1.00 e. The lowest BCUT2D eigenvalue weighted by molar-refractivity contribution is -0.689. The number of nitrogens with two attached hydrogens (primary N) is 1. The number of anilines is 1. The summed E-state index contributed by atoms with van der Waals surface area (Å²) in [6, 6.07) is 0. The predicted molar refractivity (Wildman–Crippen MR) is 106 cm³/mol. The first-order valence-corrected chi connectivity index (χ1v) is 8.94. The van der Waals surface area contributed by atoms with Gasteiger partial charge in [0.05, 0.1) is 17.0 Å². The predicted octanol–water partition coefficient (Wildman–Crippen LogP) is -2.98. The van der Waals surface area contributed by atoms with Crippen LogP contribution >= 0.6 is 23.7 Å². The minimum atomic E-state index is -0.0995. The summed E-state index contributed by atoms with van der Waals surface area (Å²) in [5.41, 5.74) is 10.0. The lowest BCUT2D eigenvalue weighted by atomic mass is 10.2. The molecule has 28 heavy (non-hydrogen) atoms. The number of amides is 1. The molecule has 0 radical (unpaired) electrons. The number of thiazole rings is 1. The molecule has 0 aliphatic carbocycles. The van der Waals surface area contributed by atoms with E-state index in [1.807, 2.05) is 19.4 Å². The first-order chi connectivity index (χ1) is 12.3. The van der Waals surface area contributed by atoms with Gasteiger partial charge in [0.15, 0.2) is 18.2 Å². The zero-order valence-corrected chi connectivity index (χ0v) is 18.3. The maximum absolute atomic E-state index is 10.4. The second kappa shape index (κ2) is 11.7. The number of aryl methyl sites for hydroxylation is 1. The number of nitrogen functional groups attached to an aromatic ring is 1. The zero-order chi connectivity index (χ0) is 19.3. The van der Waals surface area contributed by atoms with Crippen LogP contribution in [0.4, 0.5) is 5.82 Å². The number of halogens is 2. The lowest BCUT2D eigenvalue weighted by Crippen LogP contribution is -3.00. The molecule has 3 rings (SSSR count). The number of hydrogen-bond acceptors (Lipinski definition) is 7. The fourth-order valence-electron chi connectivity index (χ4n) is 2.33. The van der Waals surface area contributed by atoms with Crippen molar-refractivity contribution in [1.82, 2.24) is 20.2 Å². The van der Waals surface area contributed by atoms with Gasteiger partial charge in [0.25, 0.3) is 0 Å². The largest absolute Gasteiger partial charge is 1.00 e. The van der Waals surface area contributed by atoms with E-state index in [-0.39, 0.29) is 43.3 Å². The highest BCUT2D eigenvalue weighted by Gasteiger charge is 2.18. The Morgan fingerprint density at radius 3 is 2.61 bits per heavy atom. The van der Waals surface area contributed by atoms with Gasteiger partial charge in [0, 0.05) is 33.2 Å². The highest BCUT2D eigenvalue weighted by atomic mass is 35.5. The van der Waals surface area contributed by atoms with E-state index in [1.54, 1.807) is 29.5 Å². The number of aromatic nitrogens is 3. The van der Waals surface area contributed by atoms with Crippen molar-refractivity contribution in [3.05, 3.63) is 33.7 Å². The minimum absolute atomic E-state index is 0. The van der Waals surface area contributed by atoms with E-state index < -0.39 is 0 Å². The van der Waals surface area contributed by atoms with Gasteiger partial charge in [0.1, 0.15) is 11.6 Å². The second-order valence-corrected chi connectivity index (χ2v) is 6.85. The van der Waals surface area contributed by atoms with Crippen LogP contribution in [-0.4, -0.2) is 52.0 Å². The molecule has 2 aromatic heterocycles. The molecule has 12 heteroatoms. The van der Waals surface area contributed by atoms with Crippen molar-refractivity contribution in [3.63, 3.8) is 0 Å². The molecule has 0 spiro atoms. The van der Waals surface area contributed by atoms with Crippen molar-refractivity contribution in [1.29, 1.82) is 5.41 Å². The maximum atomic E-state index is 10.4. The molecule has 5 N–H and O–H groups in total. The molecule has 1 fully saturated rings. The molecule has 0 unspecified atom stereocenters. The third-order valence-electron chi connectivity index (χ3n) is 3.87. The molecule has 1 aliphatic rings. The van der Waals surface area contributed by atoms with Crippen LogP contribution < -0.4 is 28.0 Å². The number of guanidine groups is 1. The van der Waals surface area contributed by atoms with Crippen LogP contribution in [0.3, 0.4) is 0 Å². The number of rotatable bonds is 4. The zero-order valence-electron chi connectivity index (χ0n) is 15.9. The summed E-state index contributed by atoms with van der Waals surface area (Å²) in [4.78, 5) is 21.4. The molecule has 156 valence electrons. The lowest BCUT2D eigenvalue weighted by Gasteiger charge is -2.03. The molecule has 2 aromatic rings. The number of aliphatic hydroxyl groups is 1. The molecule has 1 aliphatic heterocycles. The van der Waals surface area contributed by atoms with Crippen molar-refractivity contribution in [2.24, 2.45) is 0 Å². The average molecular weight is 450 g/mol. The van der Waals surface area contributed by atoms with E-state index in [9.17, 15) is 4.79 Å². The monoisotopic (exact) mass is 449 g/mol. The van der Waals surface area contributed by atoms with E-state index >= 15 is 0 Å². The second-order valence-electron chi connectivity index (χ2n) is 5.91. The Morgan fingerprint density at radius 2 is 2.14 bits per heavy atom. The third-order valence-corrected chi connectivity index (χ3v) is 5.02. The molecule has 0 atom stereocenters. The van der Waals surface area contributed by atoms with Crippen LogP contribution in [0.1, 0.15) is 22.0 Å². The fraction of sp³-hybridized carbons (Fsp3) is 0.438. The number of nitrogens with zero attached hydrogens (tertiary/aromatic N) is 4. The summed E-state index contributed by atoms with van der Waals surface area (Å²) in [5.74, 6) is 1.31. The Kier molecular flexibility index (Phi) is 10.9. The molecule has 1 saturated heterocycles. The normalized spacial score (nSPS) is 12.5. The molecular formula is C16H25Cl2N7O2S. The van der Waals surface area contributed by atoms with Crippen molar-refractivity contribution < 1.29 is 26.9 Å². The third kappa shape index (κ3) is 6.86. The number of nitrogens with one attached hydrogen (secondary N) is 2. The van der Waals surface area contributed by atoms with E-state index in [0.717, 1.165) is 11.3 Å². The van der Waals surface area contributed by atoms with Gasteiger partial charge in [-0.15, -0.1) is 12.4 Å². The summed E-state index contributed by atoms with van der Waals surface area (Å²) in [6.45, 7) is 5.03. The van der Waals surface area contributed by atoms with Crippen LogP contribution in [0.5, 0.6) is 0 Å². The molecule has 0 bridgehead atoms.